The van der Waals surface area contributed by atoms with E-state index in [1.165, 1.54) is 29.3 Å². The summed E-state index contributed by atoms with van der Waals surface area (Å²) in [5, 5.41) is 10.7. The third-order valence-electron chi connectivity index (χ3n) is 5.58. The Labute approximate surface area is 191 Å². The predicted octanol–water partition coefficient (Wildman–Crippen LogP) is 3.78. The van der Waals surface area contributed by atoms with Crippen molar-refractivity contribution in [1.82, 2.24) is 5.32 Å². The van der Waals surface area contributed by atoms with Crippen molar-refractivity contribution >= 4 is 34.8 Å². The number of hydrogen-bond donors (Lipinski definition) is 1. The molecule has 1 fully saturated rings. The molecule has 166 valence electrons. The molecule has 0 aromatic heterocycles. The Bertz CT molecular complexity index is 1100. The number of ether oxygens (including phenoxy) is 2. The number of thioether (sulfide) groups is 1. The average Bonchev–Trinajstić information content (AvgIpc) is 3.17. The molecule has 2 aromatic carbocycles. The quantitative estimate of drug-likeness (QED) is 0.393. The van der Waals surface area contributed by atoms with Gasteiger partial charge in [0.05, 0.1) is 25.7 Å². The number of ketones is 1. The second-order valence-corrected chi connectivity index (χ2v) is 8.87. The van der Waals surface area contributed by atoms with Gasteiger partial charge in [0.1, 0.15) is 0 Å². The van der Waals surface area contributed by atoms with Gasteiger partial charge in [0, 0.05) is 12.0 Å². The summed E-state index contributed by atoms with van der Waals surface area (Å²) in [6.07, 6.45) is 6.16. The molecule has 0 spiro atoms. The zero-order valence-electron chi connectivity index (χ0n) is 18.1. The van der Waals surface area contributed by atoms with Gasteiger partial charge in [0.15, 0.2) is 22.4 Å². The minimum atomic E-state index is -0.506. The number of amides is 1. The maximum absolute atomic E-state index is 12.8. The average molecular weight is 452 g/mol. The number of aryl methyl sites for hydroxylation is 2. The number of fused-ring (bicyclic) bond motifs is 1. The third kappa shape index (κ3) is 5.02. The van der Waals surface area contributed by atoms with Crippen molar-refractivity contribution in [2.75, 3.05) is 14.2 Å². The van der Waals surface area contributed by atoms with Crippen molar-refractivity contribution in [3.05, 3.63) is 58.7 Å². The Balaban J connectivity index is 1.38. The summed E-state index contributed by atoms with van der Waals surface area (Å²) in [6.45, 7) is 0. The lowest BCUT2D eigenvalue weighted by atomic mass is 9.89. The number of hydrogen-bond acceptors (Lipinski definition) is 7. The molecule has 8 heteroatoms. The largest absolute Gasteiger partial charge is 0.493 e. The standard InChI is InChI=1S/C24H25N3O4S/c1-30-20-10-7-15(11-21(20)31-2)14-25-27-24-26-23(29)22(32-24)13-19(28)18-9-8-16-5-3-4-6-17(16)12-18/h7-12,14,22H,3-6,13H2,1-2H3,(H,26,27,29)/b25-14-/t22-/m1/s1. The second kappa shape index (κ2) is 9.99. The molecule has 1 amide bonds. The fourth-order valence-electron chi connectivity index (χ4n) is 3.86. The third-order valence-corrected chi connectivity index (χ3v) is 6.65. The fourth-order valence-corrected chi connectivity index (χ4v) is 4.78. The highest BCUT2D eigenvalue weighted by Gasteiger charge is 2.32. The number of rotatable bonds is 7. The number of amidine groups is 1. The van der Waals surface area contributed by atoms with Crippen LogP contribution in [0.2, 0.25) is 0 Å². The van der Waals surface area contributed by atoms with Crippen LogP contribution < -0.4 is 14.8 Å². The minimum absolute atomic E-state index is 0.0268. The van der Waals surface area contributed by atoms with E-state index in [-0.39, 0.29) is 18.1 Å². The van der Waals surface area contributed by atoms with E-state index in [1.54, 1.807) is 32.6 Å². The lowest BCUT2D eigenvalue weighted by Gasteiger charge is -2.16. The van der Waals surface area contributed by atoms with E-state index < -0.39 is 5.25 Å². The van der Waals surface area contributed by atoms with Crippen molar-refractivity contribution in [3.8, 4) is 11.5 Å². The molecule has 1 aliphatic heterocycles. The molecule has 7 nitrogen and oxygen atoms in total. The van der Waals surface area contributed by atoms with Gasteiger partial charge in [0.2, 0.25) is 5.91 Å². The number of nitrogens with zero attached hydrogens (tertiary/aromatic N) is 2. The molecule has 0 bridgehead atoms. The monoisotopic (exact) mass is 451 g/mol. The molecule has 1 aliphatic carbocycles. The van der Waals surface area contributed by atoms with Crippen LogP contribution in [0.1, 0.15) is 46.3 Å². The normalized spacial score (nSPS) is 19.1. The van der Waals surface area contributed by atoms with E-state index in [1.807, 2.05) is 18.2 Å². The van der Waals surface area contributed by atoms with Gasteiger partial charge in [-0.3, -0.25) is 9.59 Å². The van der Waals surface area contributed by atoms with Crippen molar-refractivity contribution in [3.63, 3.8) is 0 Å². The lowest BCUT2D eigenvalue weighted by molar-refractivity contribution is -0.118. The van der Waals surface area contributed by atoms with E-state index in [0.29, 0.717) is 22.2 Å². The van der Waals surface area contributed by atoms with Gasteiger partial charge in [-0.25, -0.2) is 0 Å². The fraction of sp³-hybridized carbons (Fsp3) is 0.333. The van der Waals surface area contributed by atoms with Crippen molar-refractivity contribution in [2.45, 2.75) is 37.4 Å². The Hall–Kier alpha value is -3.13. The Morgan fingerprint density at radius 2 is 1.88 bits per heavy atom. The summed E-state index contributed by atoms with van der Waals surface area (Å²) in [5.41, 5.74) is 4.05. The van der Waals surface area contributed by atoms with Crippen LogP contribution in [0.15, 0.2) is 46.6 Å². The molecular formula is C24H25N3O4S. The second-order valence-electron chi connectivity index (χ2n) is 7.68. The summed E-state index contributed by atoms with van der Waals surface area (Å²) in [4.78, 5) is 25.1. The van der Waals surface area contributed by atoms with Crippen LogP contribution in [0.4, 0.5) is 0 Å². The Morgan fingerprint density at radius 3 is 2.66 bits per heavy atom. The van der Waals surface area contributed by atoms with Crippen LogP contribution >= 0.6 is 11.8 Å². The molecule has 1 N–H and O–H groups in total. The van der Waals surface area contributed by atoms with Gasteiger partial charge in [-0.15, -0.1) is 5.10 Å². The summed E-state index contributed by atoms with van der Waals surface area (Å²) in [6, 6.07) is 11.3. The first-order valence-corrected chi connectivity index (χ1v) is 11.4. The lowest BCUT2D eigenvalue weighted by Crippen LogP contribution is -2.26. The first kappa shape index (κ1) is 22.1. The van der Waals surface area contributed by atoms with Crippen LogP contribution in [-0.2, 0) is 17.6 Å². The number of carbonyl (C=O) groups excluding carboxylic acids is 2. The molecule has 4 rings (SSSR count). The van der Waals surface area contributed by atoms with Crippen LogP contribution in [0.5, 0.6) is 11.5 Å². The highest BCUT2D eigenvalue weighted by molar-refractivity contribution is 8.15. The highest BCUT2D eigenvalue weighted by Crippen LogP contribution is 2.28. The molecular weight excluding hydrogens is 426 g/mol. The zero-order valence-corrected chi connectivity index (χ0v) is 18.9. The van der Waals surface area contributed by atoms with Gasteiger partial charge < -0.3 is 14.8 Å². The van der Waals surface area contributed by atoms with Crippen molar-refractivity contribution in [2.24, 2.45) is 10.2 Å². The van der Waals surface area contributed by atoms with E-state index in [4.69, 9.17) is 9.47 Å². The molecule has 2 aromatic rings. The van der Waals surface area contributed by atoms with Gasteiger partial charge in [0.25, 0.3) is 0 Å². The first-order chi connectivity index (χ1) is 15.6. The topological polar surface area (TPSA) is 89.4 Å². The molecule has 1 heterocycles. The maximum Gasteiger partial charge on any atom is 0.240 e. The summed E-state index contributed by atoms with van der Waals surface area (Å²) < 4.78 is 10.5. The number of Topliss-reactive ketones (excluding diaryl/α,β-unsaturated/α-hetero) is 1. The van der Waals surface area contributed by atoms with Crippen molar-refractivity contribution in [1.29, 1.82) is 0 Å². The van der Waals surface area contributed by atoms with E-state index >= 15 is 0 Å². The molecule has 1 atom stereocenters. The minimum Gasteiger partial charge on any atom is -0.493 e. The molecule has 32 heavy (non-hydrogen) atoms. The first-order valence-electron chi connectivity index (χ1n) is 10.5. The highest BCUT2D eigenvalue weighted by atomic mass is 32.2. The Morgan fingerprint density at radius 1 is 1.09 bits per heavy atom. The summed E-state index contributed by atoms with van der Waals surface area (Å²) >= 11 is 1.23. The van der Waals surface area contributed by atoms with E-state index in [9.17, 15) is 9.59 Å². The zero-order chi connectivity index (χ0) is 22.5. The number of methoxy groups -OCH3 is 2. The Kier molecular flexibility index (Phi) is 6.90. The maximum atomic E-state index is 12.8. The van der Waals surface area contributed by atoms with Gasteiger partial charge in [-0.1, -0.05) is 23.9 Å². The van der Waals surface area contributed by atoms with Crippen LogP contribution in [-0.4, -0.2) is 42.5 Å². The molecule has 0 saturated carbocycles. The van der Waals surface area contributed by atoms with Gasteiger partial charge >= 0.3 is 0 Å². The van der Waals surface area contributed by atoms with Crippen LogP contribution in [0.25, 0.3) is 0 Å². The molecule has 2 aliphatic rings. The number of carbonyl (C=O) groups is 2. The SMILES string of the molecule is COc1ccc(/C=N\N=C2/NC(=O)[C@@H](CC(=O)c3ccc4c(c3)CCCC4)S2)cc1OC. The smallest absolute Gasteiger partial charge is 0.240 e. The number of nitrogens with one attached hydrogen (secondary N) is 1. The van der Waals surface area contributed by atoms with Gasteiger partial charge in [-0.05, 0) is 66.6 Å². The summed E-state index contributed by atoms with van der Waals surface area (Å²) in [7, 11) is 3.14. The van der Waals surface area contributed by atoms with Crippen molar-refractivity contribution < 1.29 is 19.1 Å². The van der Waals surface area contributed by atoms with E-state index in [0.717, 1.165) is 24.8 Å². The van der Waals surface area contributed by atoms with E-state index in [2.05, 4.69) is 21.6 Å². The van der Waals surface area contributed by atoms with Gasteiger partial charge in [-0.2, -0.15) is 5.10 Å². The molecule has 0 radical (unpaired) electrons. The molecule has 0 unspecified atom stereocenters. The number of benzene rings is 2. The predicted molar refractivity (Wildman–Crippen MR) is 126 cm³/mol. The van der Waals surface area contributed by atoms with Crippen LogP contribution in [0, 0.1) is 0 Å². The van der Waals surface area contributed by atoms with Crippen LogP contribution in [0.3, 0.4) is 0 Å². The molecule has 1 saturated heterocycles. The summed E-state index contributed by atoms with van der Waals surface area (Å²) in [5.74, 6) is 0.969.